The molecule has 0 radical (unpaired) electrons. The highest BCUT2D eigenvalue weighted by molar-refractivity contribution is 7.77. The molecule has 3 rings (SSSR count). The second-order valence-corrected chi connectivity index (χ2v) is 8.09. The monoisotopic (exact) mass is 326 g/mol. The number of rotatable bonds is 3. The third-order valence-corrected chi connectivity index (χ3v) is 6.66. The van der Waals surface area contributed by atoms with Gasteiger partial charge < -0.3 is 0 Å². The van der Waals surface area contributed by atoms with Gasteiger partial charge in [-0.25, -0.2) is 0 Å². The minimum atomic E-state index is -2.13. The maximum atomic E-state index is 11.1. The molecule has 1 aliphatic carbocycles. The predicted octanol–water partition coefficient (Wildman–Crippen LogP) is 3.01. The Morgan fingerprint density at radius 1 is 0.773 bits per heavy atom. The molecule has 2 aromatic carbocycles. The minimum Gasteiger partial charge on any atom is -0.184 e. The van der Waals surface area contributed by atoms with Crippen molar-refractivity contribution in [3.63, 3.8) is 0 Å². The van der Waals surface area contributed by atoms with Crippen LogP contribution in [0.25, 0.3) is 0 Å². The first-order valence-electron chi connectivity index (χ1n) is 6.99. The molecule has 0 N–H and O–H groups in total. The van der Waals surface area contributed by atoms with Crippen LogP contribution in [0.15, 0.2) is 84.2 Å². The standard InChI is InChI=1S/C18H15O2PS/c19-22(20)18-13-11-17(12-14-18)21(15-7-3-1-4-8-15)16-9-5-2-6-10-16/h1-13H,14H2. The Hall–Kier alpha value is -1.96. The Balaban J connectivity index is 2.05. The normalized spacial score (nSPS) is 14.0. The van der Waals surface area contributed by atoms with Crippen LogP contribution < -0.4 is 10.6 Å². The third kappa shape index (κ3) is 3.27. The highest BCUT2D eigenvalue weighted by atomic mass is 32.2. The van der Waals surface area contributed by atoms with Crippen molar-refractivity contribution in [1.82, 2.24) is 0 Å². The molecule has 0 unspecified atom stereocenters. The average Bonchev–Trinajstić information content (AvgIpc) is 2.57. The predicted molar refractivity (Wildman–Crippen MR) is 94.8 cm³/mol. The van der Waals surface area contributed by atoms with Crippen LogP contribution in [-0.2, 0) is 10.3 Å². The van der Waals surface area contributed by atoms with Crippen molar-refractivity contribution < 1.29 is 8.42 Å². The van der Waals surface area contributed by atoms with Gasteiger partial charge in [-0.3, -0.25) is 0 Å². The van der Waals surface area contributed by atoms with Crippen molar-refractivity contribution in [3.8, 4) is 0 Å². The fraction of sp³-hybridized carbons (Fsp3) is 0.0556. The van der Waals surface area contributed by atoms with E-state index in [4.69, 9.17) is 0 Å². The van der Waals surface area contributed by atoms with Crippen LogP contribution >= 0.6 is 7.92 Å². The summed E-state index contributed by atoms with van der Waals surface area (Å²) >= 11 is 0. The van der Waals surface area contributed by atoms with Crippen LogP contribution in [0.5, 0.6) is 0 Å². The molecular weight excluding hydrogens is 311 g/mol. The third-order valence-electron chi connectivity index (χ3n) is 3.45. The molecule has 22 heavy (non-hydrogen) atoms. The largest absolute Gasteiger partial charge is 0.217 e. The molecule has 0 saturated carbocycles. The van der Waals surface area contributed by atoms with Gasteiger partial charge in [-0.05, 0) is 29.9 Å². The Morgan fingerprint density at radius 2 is 1.32 bits per heavy atom. The van der Waals surface area contributed by atoms with Crippen molar-refractivity contribution in [1.29, 1.82) is 0 Å². The van der Waals surface area contributed by atoms with Gasteiger partial charge in [0, 0.05) is 6.42 Å². The SMILES string of the molecule is O=S(=O)=C1C=CC(P(c2ccccc2)c2ccccc2)=CC1. The van der Waals surface area contributed by atoms with E-state index in [1.54, 1.807) is 6.08 Å². The maximum absolute atomic E-state index is 11.1. The molecule has 110 valence electrons. The maximum Gasteiger partial charge on any atom is 0.217 e. The summed E-state index contributed by atoms with van der Waals surface area (Å²) in [7, 11) is -2.77. The fourth-order valence-corrected chi connectivity index (χ4v) is 5.14. The molecule has 4 heteroatoms. The van der Waals surface area contributed by atoms with Gasteiger partial charge in [0.1, 0.15) is 0 Å². The van der Waals surface area contributed by atoms with E-state index in [1.807, 2.05) is 48.6 Å². The van der Waals surface area contributed by atoms with Gasteiger partial charge in [-0.15, -0.1) is 0 Å². The second kappa shape index (κ2) is 6.87. The van der Waals surface area contributed by atoms with Crippen molar-refractivity contribution in [2.75, 3.05) is 0 Å². The van der Waals surface area contributed by atoms with Gasteiger partial charge in [0.05, 0.1) is 4.86 Å². The molecule has 2 nitrogen and oxygen atoms in total. The summed E-state index contributed by atoms with van der Waals surface area (Å²) in [6.07, 6.45) is 6.18. The zero-order valence-corrected chi connectivity index (χ0v) is 13.6. The fourth-order valence-electron chi connectivity index (χ4n) is 2.41. The van der Waals surface area contributed by atoms with E-state index in [1.165, 1.54) is 15.9 Å². The van der Waals surface area contributed by atoms with Crippen molar-refractivity contribution in [3.05, 3.63) is 84.2 Å². The van der Waals surface area contributed by atoms with E-state index >= 15 is 0 Å². The Bertz CT molecular complexity index is 803. The summed E-state index contributed by atoms with van der Waals surface area (Å²) in [5, 5.41) is 3.74. The molecule has 0 atom stereocenters. The number of hydrogen-bond acceptors (Lipinski definition) is 2. The van der Waals surface area contributed by atoms with Gasteiger partial charge in [-0.1, -0.05) is 72.8 Å². The highest BCUT2D eigenvalue weighted by Crippen LogP contribution is 2.44. The van der Waals surface area contributed by atoms with Crippen LogP contribution in [0.4, 0.5) is 0 Å². The van der Waals surface area contributed by atoms with Crippen molar-refractivity contribution >= 4 is 33.7 Å². The lowest BCUT2D eigenvalue weighted by atomic mass is 10.2. The van der Waals surface area contributed by atoms with E-state index in [2.05, 4.69) is 24.3 Å². The lowest BCUT2D eigenvalue weighted by Crippen LogP contribution is -2.13. The van der Waals surface area contributed by atoms with Gasteiger partial charge >= 0.3 is 0 Å². The van der Waals surface area contributed by atoms with E-state index < -0.39 is 18.2 Å². The Labute approximate surface area is 133 Å². The van der Waals surface area contributed by atoms with Crippen LogP contribution in [0.1, 0.15) is 6.42 Å². The topological polar surface area (TPSA) is 34.1 Å². The van der Waals surface area contributed by atoms with Crippen LogP contribution in [0, 0.1) is 0 Å². The van der Waals surface area contributed by atoms with Crippen LogP contribution in [0.3, 0.4) is 0 Å². The van der Waals surface area contributed by atoms with E-state index in [9.17, 15) is 8.42 Å². The van der Waals surface area contributed by atoms with Gasteiger partial charge in [0.2, 0.25) is 10.3 Å². The van der Waals surface area contributed by atoms with E-state index in [0.29, 0.717) is 11.3 Å². The molecule has 0 heterocycles. The summed E-state index contributed by atoms with van der Waals surface area (Å²) in [6, 6.07) is 20.8. The number of benzene rings is 2. The number of hydrogen-bond donors (Lipinski definition) is 0. The van der Waals surface area contributed by atoms with E-state index in [0.717, 1.165) is 0 Å². The Morgan fingerprint density at radius 3 is 1.73 bits per heavy atom. The lowest BCUT2D eigenvalue weighted by molar-refractivity contribution is 0.627. The first-order valence-corrected chi connectivity index (χ1v) is 9.41. The van der Waals surface area contributed by atoms with Crippen molar-refractivity contribution in [2.24, 2.45) is 0 Å². The van der Waals surface area contributed by atoms with Gasteiger partial charge in [-0.2, -0.15) is 8.42 Å². The van der Waals surface area contributed by atoms with Gasteiger partial charge in [0.25, 0.3) is 0 Å². The summed E-state index contributed by atoms with van der Waals surface area (Å²) < 4.78 is 22.1. The van der Waals surface area contributed by atoms with E-state index in [-0.39, 0.29) is 0 Å². The zero-order chi connectivity index (χ0) is 15.4. The molecule has 0 aromatic heterocycles. The van der Waals surface area contributed by atoms with Crippen LogP contribution in [0.2, 0.25) is 0 Å². The first-order chi connectivity index (χ1) is 10.8. The first kappa shape index (κ1) is 15.0. The average molecular weight is 326 g/mol. The second-order valence-electron chi connectivity index (χ2n) is 4.87. The smallest absolute Gasteiger partial charge is 0.184 e. The summed E-state index contributed by atoms with van der Waals surface area (Å²) in [4.78, 5) is 0.444. The molecule has 0 aliphatic heterocycles. The number of allylic oxidation sites excluding steroid dienone is 4. The highest BCUT2D eigenvalue weighted by Gasteiger charge is 2.18. The lowest BCUT2D eigenvalue weighted by Gasteiger charge is -2.21. The molecule has 0 fully saturated rings. The van der Waals surface area contributed by atoms with Crippen LogP contribution in [-0.4, -0.2) is 13.3 Å². The zero-order valence-electron chi connectivity index (χ0n) is 11.9. The summed E-state index contributed by atoms with van der Waals surface area (Å²) in [5.41, 5.74) is 0. The molecule has 0 amide bonds. The molecular formula is C18H15O2PS. The molecule has 1 aliphatic rings. The molecule has 2 aromatic rings. The summed E-state index contributed by atoms with van der Waals surface area (Å²) in [6.45, 7) is 0. The molecule has 0 spiro atoms. The minimum absolute atomic E-state index is 0.444. The Kier molecular flexibility index (Phi) is 4.67. The summed E-state index contributed by atoms with van der Waals surface area (Å²) in [5.74, 6) is 0. The quantitative estimate of drug-likeness (QED) is 0.642. The van der Waals surface area contributed by atoms with Gasteiger partial charge in [0.15, 0.2) is 0 Å². The molecule has 0 saturated heterocycles. The molecule has 0 bridgehead atoms. The van der Waals surface area contributed by atoms with Crippen molar-refractivity contribution in [2.45, 2.75) is 6.42 Å².